The fraction of sp³-hybridized carbons (Fsp3) is 0.278. The first-order valence-electron chi connectivity index (χ1n) is 7.51. The van der Waals surface area contributed by atoms with Crippen LogP contribution in [-0.2, 0) is 17.8 Å². The van der Waals surface area contributed by atoms with Gasteiger partial charge in [0.2, 0.25) is 0 Å². The van der Waals surface area contributed by atoms with Crippen LogP contribution in [0.3, 0.4) is 0 Å². The van der Waals surface area contributed by atoms with E-state index in [-0.39, 0.29) is 11.8 Å². The molecule has 2 aromatic carbocycles. The zero-order valence-electron chi connectivity index (χ0n) is 13.0. The van der Waals surface area contributed by atoms with Gasteiger partial charge in [0.05, 0.1) is 6.04 Å². The van der Waals surface area contributed by atoms with E-state index in [0.29, 0.717) is 13.0 Å². The molecular formula is C18H16F3NO2. The molecule has 0 bridgehead atoms. The number of carbonyl (C=O) groups excluding carboxylic acids is 1. The van der Waals surface area contributed by atoms with Gasteiger partial charge in [-0.1, -0.05) is 24.3 Å². The third kappa shape index (κ3) is 3.59. The van der Waals surface area contributed by atoms with Crippen molar-refractivity contribution in [2.75, 3.05) is 0 Å². The monoisotopic (exact) mass is 335 g/mol. The Hall–Kier alpha value is -2.34. The number of ether oxygens (including phenoxy) is 1. The second-order valence-corrected chi connectivity index (χ2v) is 5.85. The molecule has 1 atom stereocenters. The standard InChI is InChI=1S/C18H16F3NO2/c1-11-6-13(8-14-9-22-16(10-23)17(11)14)7-12-2-4-15(5-3-12)24-18(19,20)21/h2-6,8,10,16,22H,7,9H2,1H3. The van der Waals surface area contributed by atoms with E-state index in [0.717, 1.165) is 34.1 Å². The van der Waals surface area contributed by atoms with E-state index >= 15 is 0 Å². The summed E-state index contributed by atoms with van der Waals surface area (Å²) in [5.41, 5.74) is 5.12. The second-order valence-electron chi connectivity index (χ2n) is 5.85. The van der Waals surface area contributed by atoms with E-state index in [2.05, 4.69) is 10.1 Å². The zero-order valence-corrected chi connectivity index (χ0v) is 13.0. The number of nitrogens with one attached hydrogen (secondary N) is 1. The molecule has 1 unspecified atom stereocenters. The highest BCUT2D eigenvalue weighted by Crippen LogP contribution is 2.30. The molecule has 1 heterocycles. The lowest BCUT2D eigenvalue weighted by Gasteiger charge is -2.12. The van der Waals surface area contributed by atoms with Gasteiger partial charge < -0.3 is 9.53 Å². The molecule has 126 valence electrons. The summed E-state index contributed by atoms with van der Waals surface area (Å²) < 4.78 is 40.4. The number of benzene rings is 2. The Labute approximate surface area is 137 Å². The Bertz CT molecular complexity index is 754. The lowest BCUT2D eigenvalue weighted by molar-refractivity contribution is -0.274. The summed E-state index contributed by atoms with van der Waals surface area (Å²) in [6.07, 6.45) is -3.18. The van der Waals surface area contributed by atoms with Crippen molar-refractivity contribution >= 4 is 6.29 Å². The SMILES string of the molecule is Cc1cc(Cc2ccc(OC(F)(F)F)cc2)cc2c1C(C=O)NC2. The van der Waals surface area contributed by atoms with Crippen molar-refractivity contribution in [3.8, 4) is 5.75 Å². The van der Waals surface area contributed by atoms with E-state index in [1.165, 1.54) is 12.1 Å². The van der Waals surface area contributed by atoms with E-state index in [1.54, 1.807) is 12.1 Å². The first kappa shape index (κ1) is 16.5. The van der Waals surface area contributed by atoms with Crippen molar-refractivity contribution in [3.63, 3.8) is 0 Å². The number of fused-ring (bicyclic) bond motifs is 1. The Balaban J connectivity index is 1.77. The summed E-state index contributed by atoms with van der Waals surface area (Å²) >= 11 is 0. The van der Waals surface area contributed by atoms with Crippen LogP contribution < -0.4 is 10.1 Å². The molecule has 0 radical (unpaired) electrons. The highest BCUT2D eigenvalue weighted by atomic mass is 19.4. The van der Waals surface area contributed by atoms with Gasteiger partial charge in [-0.05, 0) is 53.3 Å². The fourth-order valence-electron chi connectivity index (χ4n) is 3.13. The molecule has 1 aliphatic heterocycles. The largest absolute Gasteiger partial charge is 0.573 e. The van der Waals surface area contributed by atoms with Crippen LogP contribution in [0.4, 0.5) is 13.2 Å². The quantitative estimate of drug-likeness (QED) is 0.863. The van der Waals surface area contributed by atoms with Gasteiger partial charge in [-0.3, -0.25) is 5.32 Å². The van der Waals surface area contributed by atoms with Crippen LogP contribution in [0, 0.1) is 6.92 Å². The number of aryl methyl sites for hydroxylation is 1. The van der Waals surface area contributed by atoms with Gasteiger partial charge in [0.25, 0.3) is 0 Å². The number of hydrogen-bond acceptors (Lipinski definition) is 3. The van der Waals surface area contributed by atoms with Crippen LogP contribution in [0.1, 0.15) is 33.9 Å². The first-order chi connectivity index (χ1) is 11.4. The summed E-state index contributed by atoms with van der Waals surface area (Å²) in [7, 11) is 0. The van der Waals surface area contributed by atoms with Gasteiger partial charge in [-0.2, -0.15) is 0 Å². The van der Waals surface area contributed by atoms with Crippen molar-refractivity contribution < 1.29 is 22.7 Å². The number of hydrogen-bond donors (Lipinski definition) is 1. The number of aldehydes is 1. The Morgan fingerprint density at radius 2 is 1.92 bits per heavy atom. The van der Waals surface area contributed by atoms with Crippen LogP contribution in [0.2, 0.25) is 0 Å². The number of halogens is 3. The Kier molecular flexibility index (Phi) is 4.32. The van der Waals surface area contributed by atoms with E-state index in [4.69, 9.17) is 0 Å². The van der Waals surface area contributed by atoms with Crippen LogP contribution in [-0.4, -0.2) is 12.6 Å². The smallest absolute Gasteiger partial charge is 0.406 e. The normalized spacial score (nSPS) is 16.8. The molecule has 0 saturated heterocycles. The van der Waals surface area contributed by atoms with Gasteiger partial charge in [0, 0.05) is 6.54 Å². The number of alkyl halides is 3. The van der Waals surface area contributed by atoms with Gasteiger partial charge in [0.1, 0.15) is 12.0 Å². The van der Waals surface area contributed by atoms with E-state index in [9.17, 15) is 18.0 Å². The molecule has 3 nitrogen and oxygen atoms in total. The zero-order chi connectivity index (χ0) is 17.3. The molecule has 0 amide bonds. The average molecular weight is 335 g/mol. The number of carbonyl (C=O) groups is 1. The molecule has 1 N–H and O–H groups in total. The van der Waals surface area contributed by atoms with Gasteiger partial charge in [0.15, 0.2) is 0 Å². The van der Waals surface area contributed by atoms with E-state index < -0.39 is 6.36 Å². The lowest BCUT2D eigenvalue weighted by atomic mass is 9.94. The summed E-state index contributed by atoms with van der Waals surface area (Å²) in [5.74, 6) is -0.227. The third-order valence-corrected chi connectivity index (χ3v) is 4.06. The fourth-order valence-corrected chi connectivity index (χ4v) is 3.13. The van der Waals surface area contributed by atoms with Crippen molar-refractivity contribution in [3.05, 3.63) is 64.2 Å². The average Bonchev–Trinajstić information content (AvgIpc) is 2.91. The predicted octanol–water partition coefficient (Wildman–Crippen LogP) is 3.83. The molecule has 24 heavy (non-hydrogen) atoms. The molecule has 0 aliphatic carbocycles. The number of rotatable bonds is 4. The minimum Gasteiger partial charge on any atom is -0.406 e. The van der Waals surface area contributed by atoms with Gasteiger partial charge in [-0.25, -0.2) is 0 Å². The summed E-state index contributed by atoms with van der Waals surface area (Å²) in [5, 5.41) is 3.14. The highest BCUT2D eigenvalue weighted by molar-refractivity contribution is 5.66. The van der Waals surface area contributed by atoms with Crippen molar-refractivity contribution in [1.29, 1.82) is 0 Å². The Morgan fingerprint density at radius 1 is 1.21 bits per heavy atom. The van der Waals surface area contributed by atoms with Crippen molar-refractivity contribution in [1.82, 2.24) is 5.32 Å². The first-order valence-corrected chi connectivity index (χ1v) is 7.51. The summed E-state index contributed by atoms with van der Waals surface area (Å²) in [6.45, 7) is 2.61. The maximum Gasteiger partial charge on any atom is 0.573 e. The molecule has 0 fully saturated rings. The van der Waals surface area contributed by atoms with Gasteiger partial charge in [-0.15, -0.1) is 13.2 Å². The molecular weight excluding hydrogens is 319 g/mol. The van der Waals surface area contributed by atoms with Crippen LogP contribution in [0.5, 0.6) is 5.75 Å². The van der Waals surface area contributed by atoms with Crippen LogP contribution in [0.25, 0.3) is 0 Å². The van der Waals surface area contributed by atoms with Crippen LogP contribution >= 0.6 is 0 Å². The molecule has 0 saturated carbocycles. The molecule has 3 rings (SSSR count). The summed E-state index contributed by atoms with van der Waals surface area (Å²) in [4.78, 5) is 11.1. The maximum atomic E-state index is 12.2. The molecule has 1 aliphatic rings. The summed E-state index contributed by atoms with van der Waals surface area (Å²) in [6, 6.07) is 9.67. The van der Waals surface area contributed by atoms with E-state index in [1.807, 2.05) is 19.1 Å². The Morgan fingerprint density at radius 3 is 2.54 bits per heavy atom. The third-order valence-electron chi connectivity index (χ3n) is 4.06. The minimum absolute atomic E-state index is 0.227. The molecule has 6 heteroatoms. The molecule has 0 spiro atoms. The maximum absolute atomic E-state index is 12.2. The lowest BCUT2D eigenvalue weighted by Crippen LogP contribution is -2.17. The van der Waals surface area contributed by atoms with Gasteiger partial charge >= 0.3 is 6.36 Å². The minimum atomic E-state index is -4.68. The second kappa shape index (κ2) is 6.28. The van der Waals surface area contributed by atoms with Crippen molar-refractivity contribution in [2.45, 2.75) is 32.3 Å². The molecule has 0 aromatic heterocycles. The van der Waals surface area contributed by atoms with Crippen LogP contribution in [0.15, 0.2) is 36.4 Å². The van der Waals surface area contributed by atoms with Crippen molar-refractivity contribution in [2.24, 2.45) is 0 Å². The highest BCUT2D eigenvalue weighted by Gasteiger charge is 2.31. The molecule has 2 aromatic rings. The predicted molar refractivity (Wildman–Crippen MR) is 82.8 cm³/mol. The topological polar surface area (TPSA) is 38.3 Å².